The fourth-order valence-corrected chi connectivity index (χ4v) is 8.60. The van der Waals surface area contributed by atoms with Crippen LogP contribution in [0.4, 0.5) is 0 Å². The van der Waals surface area contributed by atoms with Gasteiger partial charge < -0.3 is 39.4 Å². The molecule has 0 fully saturated rings. The van der Waals surface area contributed by atoms with Crippen LogP contribution in [0.25, 0.3) is 36.2 Å². The summed E-state index contributed by atoms with van der Waals surface area (Å²) in [5, 5.41) is 7.58. The van der Waals surface area contributed by atoms with Crippen LogP contribution in [-0.4, -0.2) is 56.1 Å². The number of aryl methyl sites for hydroxylation is 2. The summed E-state index contributed by atoms with van der Waals surface area (Å²) in [6, 6.07) is 0. The third-order valence-corrected chi connectivity index (χ3v) is 12.2. The highest BCUT2D eigenvalue weighted by Gasteiger charge is 2.19. The summed E-state index contributed by atoms with van der Waals surface area (Å²) in [4.78, 5) is 47.2. The second kappa shape index (κ2) is 17.3. The highest BCUT2D eigenvalue weighted by molar-refractivity contribution is 5.75. The largest absolute Gasteiger partial charge is 0.469 e. The Labute approximate surface area is 339 Å². The minimum Gasteiger partial charge on any atom is -0.469 e. The van der Waals surface area contributed by atoms with E-state index in [1.54, 1.807) is 0 Å². The zero-order chi connectivity index (χ0) is 42.0. The first-order chi connectivity index (χ1) is 27.8. The summed E-state index contributed by atoms with van der Waals surface area (Å²) in [5.41, 5.74) is 15.8. The predicted octanol–water partition coefficient (Wildman–Crippen LogP) is 6.20. The number of nitrogens with one attached hydrogen (secondary N) is 6. The van der Waals surface area contributed by atoms with Crippen LogP contribution in [0.3, 0.4) is 0 Å². The van der Waals surface area contributed by atoms with Crippen LogP contribution in [0.1, 0.15) is 108 Å². The van der Waals surface area contributed by atoms with Crippen molar-refractivity contribution in [1.82, 2.24) is 29.9 Å². The number of carbonyl (C=O) groups excluding carboxylic acids is 2. The summed E-state index contributed by atoms with van der Waals surface area (Å²) in [6.07, 6.45) is 14.8. The van der Waals surface area contributed by atoms with Crippen LogP contribution in [0.5, 0.6) is 0 Å². The second-order valence-corrected chi connectivity index (χ2v) is 15.2. The zero-order valence-corrected chi connectivity index (χ0v) is 36.2. The summed E-state index contributed by atoms with van der Waals surface area (Å²) in [5.74, 6) is -0.604. The van der Waals surface area contributed by atoms with Crippen LogP contribution in [0.2, 0.25) is 0 Å². The van der Waals surface area contributed by atoms with E-state index < -0.39 is 0 Å². The van der Waals surface area contributed by atoms with E-state index >= 15 is 0 Å². The molecule has 0 spiro atoms. The van der Waals surface area contributed by atoms with Crippen molar-refractivity contribution >= 4 is 36.7 Å². The average Bonchev–Trinajstić information content (AvgIpc) is 4.05. The molecule has 0 atom stereocenters. The molecule has 0 radical (unpaired) electrons. The molecule has 0 amide bonds. The van der Waals surface area contributed by atoms with Crippen molar-refractivity contribution in [1.29, 1.82) is 0 Å². The van der Waals surface area contributed by atoms with E-state index in [1.165, 1.54) is 53.2 Å². The van der Waals surface area contributed by atoms with Gasteiger partial charge in [0.05, 0.1) is 53.4 Å². The Morgan fingerprint density at radius 3 is 1.88 bits per heavy atom. The fourth-order valence-electron chi connectivity index (χ4n) is 8.60. The Bertz CT molecular complexity index is 2960. The highest BCUT2D eigenvalue weighted by atomic mass is 16.5. The molecule has 0 saturated carbocycles. The maximum absolute atomic E-state index is 12.6. The summed E-state index contributed by atoms with van der Waals surface area (Å²) >= 11 is 0. The number of rotatable bonds is 12. The molecule has 0 aromatic carbocycles. The maximum atomic E-state index is 12.6. The van der Waals surface area contributed by atoms with Crippen LogP contribution in [-0.2, 0) is 51.2 Å². The molecule has 10 heteroatoms. The van der Waals surface area contributed by atoms with Gasteiger partial charge in [0.1, 0.15) is 0 Å². The molecule has 10 nitrogen and oxygen atoms in total. The van der Waals surface area contributed by atoms with Gasteiger partial charge in [0.2, 0.25) is 0 Å². The molecule has 0 aliphatic heterocycles. The van der Waals surface area contributed by atoms with Crippen molar-refractivity contribution in [3.63, 3.8) is 0 Å². The SMILES string of the molecule is C=c1c(CC)c[nH]/c1=c1\[nH]/c(=C\c2[nH]c(=c3/[nH]/c(=C\c4[nH]c(-c5[nH]cc(CC)c5C)c(C)c4CC)c(C)c3CCC(=O)OC)/c(=C/CC(=O)OC)c2C)c(CC)c1C. The minimum absolute atomic E-state index is 0.102. The molecule has 306 valence electrons. The minimum atomic E-state index is -0.327. The van der Waals surface area contributed by atoms with Gasteiger partial charge in [-0.3, -0.25) is 9.59 Å². The van der Waals surface area contributed by atoms with Crippen molar-refractivity contribution in [2.24, 2.45) is 0 Å². The Kier molecular flexibility index (Phi) is 12.4. The van der Waals surface area contributed by atoms with E-state index in [0.717, 1.165) is 108 Å². The lowest BCUT2D eigenvalue weighted by molar-refractivity contribution is -0.141. The molecule has 6 rings (SSSR count). The number of hydrogen-bond acceptors (Lipinski definition) is 4. The van der Waals surface area contributed by atoms with Crippen LogP contribution >= 0.6 is 0 Å². The van der Waals surface area contributed by atoms with Gasteiger partial charge in [-0.2, -0.15) is 0 Å². The Morgan fingerprint density at radius 2 is 1.26 bits per heavy atom. The molecule has 0 saturated heterocycles. The van der Waals surface area contributed by atoms with Crippen molar-refractivity contribution < 1.29 is 19.1 Å². The number of esters is 2. The second-order valence-electron chi connectivity index (χ2n) is 15.2. The molecule has 6 aromatic heterocycles. The standard InChI is InChI=1S/C48H60N6O4/c1-13-31-23-49-43(25(31)5)45-29(9)33(15-3)39(53-45)21-37-27(7)35(17-19-41(55)57-11)47(51-37)48-36(18-20-42(56)58-12)28(8)38(52-48)22-40-34(16-4)30(10)46(54-40)44-26(6)32(14-2)24-50-44/h17,21-24,49-54H,5,13-16,18-20H2,1-4,6-12H3/b35-17+,38-22-,39-21-,45-43-,48-47+. The topological polar surface area (TPSA) is 147 Å². The van der Waals surface area contributed by atoms with E-state index in [4.69, 9.17) is 9.47 Å². The number of aromatic nitrogens is 6. The molecule has 58 heavy (non-hydrogen) atoms. The summed E-state index contributed by atoms with van der Waals surface area (Å²) in [6.45, 7) is 23.7. The van der Waals surface area contributed by atoms with E-state index in [9.17, 15) is 9.59 Å². The molecule has 0 bridgehead atoms. The quantitative estimate of drug-likeness (QED) is 0.0821. The number of ether oxygens (including phenoxy) is 2. The van der Waals surface area contributed by atoms with E-state index in [2.05, 4.69) is 117 Å². The van der Waals surface area contributed by atoms with Crippen molar-refractivity contribution in [2.45, 2.75) is 107 Å². The molecule has 0 aliphatic carbocycles. The van der Waals surface area contributed by atoms with E-state index in [-0.39, 0.29) is 24.8 Å². The highest BCUT2D eigenvalue weighted by Crippen LogP contribution is 2.31. The average molecular weight is 785 g/mol. The van der Waals surface area contributed by atoms with Gasteiger partial charge in [0, 0.05) is 46.1 Å². The van der Waals surface area contributed by atoms with Gasteiger partial charge in [0.25, 0.3) is 0 Å². The van der Waals surface area contributed by atoms with Crippen molar-refractivity contribution in [3.05, 3.63) is 122 Å². The van der Waals surface area contributed by atoms with Gasteiger partial charge in [-0.25, -0.2) is 0 Å². The third kappa shape index (κ3) is 7.60. The Morgan fingerprint density at radius 1 is 0.603 bits per heavy atom. The van der Waals surface area contributed by atoms with Crippen LogP contribution < -0.4 is 21.1 Å². The first-order valence-corrected chi connectivity index (χ1v) is 20.5. The monoisotopic (exact) mass is 784 g/mol. The Balaban J connectivity index is 1.69. The predicted molar refractivity (Wildman–Crippen MR) is 233 cm³/mol. The Hall–Kier alpha value is -5.90. The molecule has 6 aromatic rings. The molecular weight excluding hydrogens is 725 g/mol. The molecule has 6 heterocycles. The van der Waals surface area contributed by atoms with E-state index in [0.29, 0.717) is 6.42 Å². The van der Waals surface area contributed by atoms with Gasteiger partial charge in [-0.05, 0) is 140 Å². The number of carbonyl (C=O) groups is 2. The number of hydrogen-bond donors (Lipinski definition) is 6. The molecule has 0 aliphatic rings. The van der Waals surface area contributed by atoms with Gasteiger partial charge in [-0.15, -0.1) is 0 Å². The lowest BCUT2D eigenvalue weighted by atomic mass is 10.0. The lowest BCUT2D eigenvalue weighted by Gasteiger charge is -2.01. The fraction of sp³-hybridized carbons (Fsp3) is 0.375. The summed E-state index contributed by atoms with van der Waals surface area (Å²) in [7, 11) is 2.83. The van der Waals surface area contributed by atoms with Crippen LogP contribution in [0, 0.1) is 56.0 Å². The number of methoxy groups -OCH3 is 2. The third-order valence-electron chi connectivity index (χ3n) is 12.2. The van der Waals surface area contributed by atoms with E-state index in [1.807, 2.05) is 12.3 Å². The van der Waals surface area contributed by atoms with Crippen molar-refractivity contribution in [3.8, 4) is 11.4 Å². The molecule has 0 unspecified atom stereocenters. The first kappa shape index (κ1) is 41.7. The number of H-pyrrole nitrogens is 6. The lowest BCUT2D eigenvalue weighted by Crippen LogP contribution is -2.10. The normalized spacial score (nSPS) is 13.9. The molecular formula is C48H60N6O4. The molecule has 6 N–H and O–H groups in total. The van der Waals surface area contributed by atoms with Crippen LogP contribution in [0.15, 0.2) is 12.4 Å². The summed E-state index contributed by atoms with van der Waals surface area (Å²) < 4.78 is 10.2. The van der Waals surface area contributed by atoms with Gasteiger partial charge >= 0.3 is 11.9 Å². The maximum Gasteiger partial charge on any atom is 0.309 e. The smallest absolute Gasteiger partial charge is 0.309 e. The van der Waals surface area contributed by atoms with Gasteiger partial charge in [0.15, 0.2) is 0 Å². The number of aromatic amines is 6. The first-order valence-electron chi connectivity index (χ1n) is 20.5. The zero-order valence-electron chi connectivity index (χ0n) is 36.2. The van der Waals surface area contributed by atoms with Gasteiger partial charge in [-0.1, -0.05) is 40.3 Å². The van der Waals surface area contributed by atoms with Crippen molar-refractivity contribution in [2.75, 3.05) is 14.2 Å².